The van der Waals surface area contributed by atoms with E-state index < -0.39 is 11.8 Å². The van der Waals surface area contributed by atoms with Crippen LogP contribution in [0.4, 0.5) is 4.79 Å². The second-order valence-electron chi connectivity index (χ2n) is 4.03. The number of rotatable bonds is 3. The molecule has 2 N–H and O–H groups in total. The van der Waals surface area contributed by atoms with Gasteiger partial charge >= 0.3 is 6.03 Å². The van der Waals surface area contributed by atoms with Gasteiger partial charge < -0.3 is 10.4 Å². The molecule has 1 unspecified atom stereocenters. The lowest BCUT2D eigenvalue weighted by Gasteiger charge is -2.25. The summed E-state index contributed by atoms with van der Waals surface area (Å²) in [6.07, 6.45) is 5.67. The van der Waals surface area contributed by atoms with Crippen molar-refractivity contribution in [2.75, 3.05) is 6.54 Å². The van der Waals surface area contributed by atoms with Gasteiger partial charge in [0.25, 0.3) is 0 Å². The molecule has 2 amide bonds. The van der Waals surface area contributed by atoms with Crippen molar-refractivity contribution in [2.24, 2.45) is 0 Å². The number of nitrogens with one attached hydrogen (secondary N) is 1. The number of nitrogens with zero attached hydrogens (tertiary/aromatic N) is 1. The number of terminal acetylenes is 1. The van der Waals surface area contributed by atoms with Crippen molar-refractivity contribution < 1.29 is 9.90 Å². The maximum atomic E-state index is 11.4. The van der Waals surface area contributed by atoms with E-state index in [4.69, 9.17) is 6.42 Å². The molecule has 1 saturated heterocycles. The number of carbonyl (C=O) groups excluding carboxylic acids is 1. The number of aliphatic hydroxyl groups excluding tert-OH is 1. The van der Waals surface area contributed by atoms with Gasteiger partial charge in [-0.05, 0) is 20.3 Å². The van der Waals surface area contributed by atoms with E-state index >= 15 is 0 Å². The molecule has 0 aromatic carbocycles. The van der Waals surface area contributed by atoms with Gasteiger partial charge in [-0.15, -0.1) is 12.3 Å². The summed E-state index contributed by atoms with van der Waals surface area (Å²) in [6, 6.07) is -0.223. The molecule has 1 atom stereocenters. The average molecular weight is 196 g/mol. The third-order valence-corrected chi connectivity index (χ3v) is 2.35. The summed E-state index contributed by atoms with van der Waals surface area (Å²) in [5.41, 5.74) is -0.576. The highest BCUT2D eigenvalue weighted by Gasteiger charge is 2.43. The van der Waals surface area contributed by atoms with Crippen molar-refractivity contribution in [1.82, 2.24) is 10.2 Å². The van der Waals surface area contributed by atoms with Gasteiger partial charge in [0.05, 0.1) is 5.54 Å². The standard InChI is InChI=1S/C10H16N2O2/c1-4-5-6-7-12-8(13)10(2,3)11-9(12)14/h1,8,13H,5-7H2,2-3H3,(H,11,14). The van der Waals surface area contributed by atoms with Crippen LogP contribution in [-0.2, 0) is 0 Å². The highest BCUT2D eigenvalue weighted by molar-refractivity contribution is 5.78. The number of hydrogen-bond donors (Lipinski definition) is 2. The second kappa shape index (κ2) is 3.89. The molecule has 4 nitrogen and oxygen atoms in total. The topological polar surface area (TPSA) is 52.6 Å². The van der Waals surface area contributed by atoms with E-state index in [0.29, 0.717) is 13.0 Å². The van der Waals surface area contributed by atoms with Crippen molar-refractivity contribution in [3.8, 4) is 12.3 Å². The SMILES string of the molecule is C#CCCCN1C(=O)NC(C)(C)C1O. The summed E-state index contributed by atoms with van der Waals surface area (Å²) >= 11 is 0. The molecule has 1 aliphatic rings. The fraction of sp³-hybridized carbons (Fsp3) is 0.700. The Morgan fingerprint density at radius 1 is 1.71 bits per heavy atom. The van der Waals surface area contributed by atoms with Crippen LogP contribution in [0.15, 0.2) is 0 Å². The van der Waals surface area contributed by atoms with Crippen LogP contribution >= 0.6 is 0 Å². The minimum absolute atomic E-state index is 0.223. The van der Waals surface area contributed by atoms with Crippen molar-refractivity contribution in [2.45, 2.75) is 38.5 Å². The zero-order chi connectivity index (χ0) is 10.8. The molecule has 4 heteroatoms. The number of amides is 2. The van der Waals surface area contributed by atoms with Crippen molar-refractivity contribution in [3.05, 3.63) is 0 Å². The van der Waals surface area contributed by atoms with Gasteiger partial charge in [-0.1, -0.05) is 0 Å². The predicted octanol–water partition coefficient (Wildman–Crippen LogP) is 0.522. The van der Waals surface area contributed by atoms with Gasteiger partial charge in [-0.2, -0.15) is 0 Å². The highest BCUT2D eigenvalue weighted by atomic mass is 16.3. The molecular formula is C10H16N2O2. The lowest BCUT2D eigenvalue weighted by Crippen LogP contribution is -2.44. The Hall–Kier alpha value is -1.21. The maximum absolute atomic E-state index is 11.4. The fourth-order valence-corrected chi connectivity index (χ4v) is 1.49. The predicted molar refractivity (Wildman–Crippen MR) is 53.4 cm³/mol. The molecule has 0 saturated carbocycles. The minimum Gasteiger partial charge on any atom is -0.371 e. The first-order chi connectivity index (χ1) is 6.49. The molecule has 78 valence electrons. The van der Waals surface area contributed by atoms with Crippen LogP contribution in [0, 0.1) is 12.3 Å². The van der Waals surface area contributed by atoms with E-state index in [2.05, 4.69) is 11.2 Å². The molecule has 1 aliphatic heterocycles. The minimum atomic E-state index is -0.771. The molecule has 0 spiro atoms. The monoisotopic (exact) mass is 196 g/mol. The van der Waals surface area contributed by atoms with E-state index in [0.717, 1.165) is 6.42 Å². The molecular weight excluding hydrogens is 180 g/mol. The number of aliphatic hydroxyl groups is 1. The number of carbonyl (C=O) groups is 1. The first-order valence-corrected chi connectivity index (χ1v) is 4.69. The van der Waals surface area contributed by atoms with Gasteiger partial charge in [0.2, 0.25) is 0 Å². The summed E-state index contributed by atoms with van der Waals surface area (Å²) in [6.45, 7) is 4.08. The Balaban J connectivity index is 2.54. The fourth-order valence-electron chi connectivity index (χ4n) is 1.49. The molecule has 1 rings (SSSR count). The van der Waals surface area contributed by atoms with E-state index in [1.54, 1.807) is 13.8 Å². The van der Waals surface area contributed by atoms with E-state index in [-0.39, 0.29) is 6.03 Å². The first kappa shape index (κ1) is 10.9. The lowest BCUT2D eigenvalue weighted by molar-refractivity contribution is 0.0144. The molecule has 1 fully saturated rings. The number of unbranched alkanes of at least 4 members (excludes halogenated alkanes) is 1. The van der Waals surface area contributed by atoms with Crippen molar-refractivity contribution in [3.63, 3.8) is 0 Å². The second-order valence-corrected chi connectivity index (χ2v) is 4.03. The normalized spacial score (nSPS) is 24.6. The average Bonchev–Trinajstić information content (AvgIpc) is 2.27. The van der Waals surface area contributed by atoms with Crippen LogP contribution in [0.3, 0.4) is 0 Å². The van der Waals surface area contributed by atoms with E-state index in [1.165, 1.54) is 4.90 Å². The van der Waals surface area contributed by atoms with Crippen LogP contribution in [0.25, 0.3) is 0 Å². The van der Waals surface area contributed by atoms with Crippen LogP contribution < -0.4 is 5.32 Å². The van der Waals surface area contributed by atoms with Crippen LogP contribution in [-0.4, -0.2) is 34.3 Å². The molecule has 0 aliphatic carbocycles. The Kier molecular flexibility index (Phi) is 3.02. The Morgan fingerprint density at radius 2 is 2.36 bits per heavy atom. The van der Waals surface area contributed by atoms with Crippen molar-refractivity contribution >= 4 is 6.03 Å². The van der Waals surface area contributed by atoms with Gasteiger partial charge in [0.1, 0.15) is 0 Å². The van der Waals surface area contributed by atoms with Gasteiger partial charge in [0, 0.05) is 13.0 Å². The number of urea groups is 1. The van der Waals surface area contributed by atoms with Crippen LogP contribution in [0.5, 0.6) is 0 Å². The van der Waals surface area contributed by atoms with Crippen LogP contribution in [0.2, 0.25) is 0 Å². The summed E-state index contributed by atoms with van der Waals surface area (Å²) in [5, 5.41) is 12.5. The molecule has 14 heavy (non-hydrogen) atoms. The summed E-state index contributed by atoms with van der Waals surface area (Å²) in [5.74, 6) is 2.50. The Bertz CT molecular complexity index is 268. The molecule has 0 aromatic heterocycles. The highest BCUT2D eigenvalue weighted by Crippen LogP contribution is 2.21. The smallest absolute Gasteiger partial charge is 0.320 e. The summed E-state index contributed by atoms with van der Waals surface area (Å²) in [7, 11) is 0. The van der Waals surface area contributed by atoms with Gasteiger partial charge in [-0.3, -0.25) is 4.90 Å². The summed E-state index contributed by atoms with van der Waals surface area (Å²) < 4.78 is 0. The molecule has 1 heterocycles. The third kappa shape index (κ3) is 1.99. The zero-order valence-corrected chi connectivity index (χ0v) is 8.58. The third-order valence-electron chi connectivity index (χ3n) is 2.35. The Labute approximate surface area is 84.3 Å². The van der Waals surface area contributed by atoms with E-state index in [9.17, 15) is 9.90 Å². The van der Waals surface area contributed by atoms with E-state index in [1.807, 2.05) is 0 Å². The Morgan fingerprint density at radius 3 is 2.79 bits per heavy atom. The first-order valence-electron chi connectivity index (χ1n) is 4.69. The van der Waals surface area contributed by atoms with Crippen molar-refractivity contribution in [1.29, 1.82) is 0 Å². The number of hydrogen-bond acceptors (Lipinski definition) is 2. The maximum Gasteiger partial charge on any atom is 0.320 e. The quantitative estimate of drug-likeness (QED) is 0.511. The van der Waals surface area contributed by atoms with Gasteiger partial charge in [-0.25, -0.2) is 4.79 Å². The molecule has 0 bridgehead atoms. The largest absolute Gasteiger partial charge is 0.371 e. The molecule has 0 radical (unpaired) electrons. The van der Waals surface area contributed by atoms with Crippen LogP contribution in [0.1, 0.15) is 26.7 Å². The zero-order valence-electron chi connectivity index (χ0n) is 8.58. The summed E-state index contributed by atoms with van der Waals surface area (Å²) in [4.78, 5) is 12.8. The lowest BCUT2D eigenvalue weighted by atomic mass is 10.1. The van der Waals surface area contributed by atoms with Gasteiger partial charge in [0.15, 0.2) is 6.23 Å². The molecule has 0 aromatic rings.